The Morgan fingerprint density at radius 1 is 1.13 bits per heavy atom. The zero-order valence-electron chi connectivity index (χ0n) is 17.4. The molecule has 0 atom stereocenters. The van der Waals surface area contributed by atoms with Crippen molar-refractivity contribution in [2.75, 3.05) is 6.54 Å². The Kier molecular flexibility index (Phi) is 5.95. The Bertz CT molecular complexity index is 1040. The second-order valence-corrected chi connectivity index (χ2v) is 7.81. The zero-order chi connectivity index (χ0) is 21.1. The van der Waals surface area contributed by atoms with Crippen LogP contribution < -0.4 is 0 Å². The smallest absolute Gasteiger partial charge is 0.227 e. The van der Waals surface area contributed by atoms with Gasteiger partial charge in [0.1, 0.15) is 5.82 Å². The maximum atomic E-state index is 13.8. The Morgan fingerprint density at radius 3 is 2.67 bits per heavy atom. The molecule has 1 aromatic heterocycles. The van der Waals surface area contributed by atoms with E-state index in [2.05, 4.69) is 5.10 Å². The number of benzene rings is 2. The summed E-state index contributed by atoms with van der Waals surface area (Å²) in [6.45, 7) is 3.74. The van der Waals surface area contributed by atoms with Gasteiger partial charge in [0.05, 0.1) is 25.3 Å². The van der Waals surface area contributed by atoms with E-state index >= 15 is 0 Å². The molecule has 0 bridgehead atoms. The average molecular weight is 407 g/mol. The molecule has 1 amide bonds. The first-order valence-electron chi connectivity index (χ1n) is 10.2. The third-order valence-corrected chi connectivity index (χ3v) is 5.61. The van der Waals surface area contributed by atoms with E-state index in [0.717, 1.165) is 28.9 Å². The van der Waals surface area contributed by atoms with E-state index < -0.39 is 0 Å². The predicted octanol–water partition coefficient (Wildman–Crippen LogP) is 3.71. The number of hydrogen-bond acceptors (Lipinski definition) is 3. The number of rotatable bonds is 6. The van der Waals surface area contributed by atoms with Gasteiger partial charge in [0, 0.05) is 43.4 Å². The first kappa shape index (κ1) is 20.3. The van der Waals surface area contributed by atoms with Crippen molar-refractivity contribution in [2.45, 2.75) is 39.5 Å². The number of carbonyl (C=O) groups is 1. The number of aromatic nitrogens is 2. The summed E-state index contributed by atoms with van der Waals surface area (Å²) in [5.41, 5.74) is 5.74. The lowest BCUT2D eigenvalue weighted by Crippen LogP contribution is -2.37. The monoisotopic (exact) mass is 407 g/mol. The zero-order valence-corrected chi connectivity index (χ0v) is 17.4. The fourth-order valence-corrected chi connectivity index (χ4v) is 3.86. The summed E-state index contributed by atoms with van der Waals surface area (Å²) >= 11 is 0. The molecule has 2 heterocycles. The van der Waals surface area contributed by atoms with Crippen LogP contribution in [0.5, 0.6) is 0 Å². The minimum Gasteiger partial charge on any atom is -0.370 e. The van der Waals surface area contributed by atoms with Gasteiger partial charge in [-0.25, -0.2) is 4.39 Å². The van der Waals surface area contributed by atoms with E-state index in [4.69, 9.17) is 4.74 Å². The summed E-state index contributed by atoms with van der Waals surface area (Å²) in [5.74, 6) is -0.153. The summed E-state index contributed by atoms with van der Waals surface area (Å²) in [4.78, 5) is 14.7. The van der Waals surface area contributed by atoms with Crippen molar-refractivity contribution in [3.8, 4) is 0 Å². The molecular weight excluding hydrogens is 381 g/mol. The van der Waals surface area contributed by atoms with Crippen molar-refractivity contribution in [1.29, 1.82) is 0 Å². The van der Waals surface area contributed by atoms with Crippen LogP contribution in [0.25, 0.3) is 0 Å². The van der Waals surface area contributed by atoms with Crippen LogP contribution in [-0.2, 0) is 49.2 Å². The van der Waals surface area contributed by atoms with Crippen LogP contribution in [0.2, 0.25) is 0 Å². The second kappa shape index (κ2) is 8.79. The quantitative estimate of drug-likeness (QED) is 0.626. The fraction of sp³-hybridized carbons (Fsp3) is 0.333. The third kappa shape index (κ3) is 4.44. The topological polar surface area (TPSA) is 47.4 Å². The summed E-state index contributed by atoms with van der Waals surface area (Å²) in [6.07, 6.45) is 1.17. The fourth-order valence-electron chi connectivity index (χ4n) is 3.86. The molecule has 4 rings (SSSR count). The first-order valence-corrected chi connectivity index (χ1v) is 10.2. The van der Waals surface area contributed by atoms with Crippen molar-refractivity contribution in [2.24, 2.45) is 7.05 Å². The van der Waals surface area contributed by atoms with Gasteiger partial charge >= 0.3 is 0 Å². The highest BCUT2D eigenvalue weighted by Crippen LogP contribution is 2.24. The lowest BCUT2D eigenvalue weighted by molar-refractivity contribution is -0.131. The molecule has 6 heteroatoms. The molecule has 30 heavy (non-hydrogen) atoms. The van der Waals surface area contributed by atoms with Crippen LogP contribution in [0.3, 0.4) is 0 Å². The molecule has 1 aliphatic heterocycles. The van der Waals surface area contributed by atoms with Gasteiger partial charge in [-0.15, -0.1) is 0 Å². The van der Waals surface area contributed by atoms with Crippen LogP contribution in [0.1, 0.15) is 33.6 Å². The van der Waals surface area contributed by atoms with Gasteiger partial charge in [-0.2, -0.15) is 5.10 Å². The molecule has 3 aromatic rings. The normalized spacial score (nSPS) is 13.4. The highest BCUT2D eigenvalue weighted by Gasteiger charge is 2.26. The molecule has 5 nitrogen and oxygen atoms in total. The van der Waals surface area contributed by atoms with E-state index in [1.807, 2.05) is 47.8 Å². The van der Waals surface area contributed by atoms with Gasteiger partial charge < -0.3 is 9.64 Å². The number of hydrogen-bond donors (Lipinski definition) is 0. The molecule has 0 aliphatic carbocycles. The number of fused-ring (bicyclic) bond motifs is 1. The summed E-state index contributed by atoms with van der Waals surface area (Å²) in [5, 5.41) is 4.59. The second-order valence-electron chi connectivity index (χ2n) is 7.81. The number of carbonyl (C=O) groups excluding carboxylic acids is 1. The largest absolute Gasteiger partial charge is 0.370 e. The average Bonchev–Trinajstić information content (AvgIpc) is 3.06. The number of aryl methyl sites for hydroxylation is 2. The summed E-state index contributed by atoms with van der Waals surface area (Å²) in [7, 11) is 1.92. The van der Waals surface area contributed by atoms with E-state index in [0.29, 0.717) is 25.1 Å². The minimum absolute atomic E-state index is 0.117. The van der Waals surface area contributed by atoms with Crippen molar-refractivity contribution in [3.63, 3.8) is 0 Å². The van der Waals surface area contributed by atoms with Gasteiger partial charge in [0.15, 0.2) is 0 Å². The van der Waals surface area contributed by atoms with Crippen molar-refractivity contribution >= 4 is 5.91 Å². The molecule has 0 saturated heterocycles. The van der Waals surface area contributed by atoms with Crippen molar-refractivity contribution < 1.29 is 13.9 Å². The number of halogens is 1. The standard InChI is InChI=1S/C24H26FN3O2/c1-17-7-9-18(10-8-17)13-24(29)28-12-11-23-20(14-28)22(26-27(23)2)16-30-15-19-5-3-4-6-21(19)25/h3-10H,11-16H2,1-2H3. The van der Waals surface area contributed by atoms with Crippen molar-refractivity contribution in [3.05, 3.63) is 88.0 Å². The highest BCUT2D eigenvalue weighted by molar-refractivity contribution is 5.79. The van der Waals surface area contributed by atoms with Crippen LogP contribution >= 0.6 is 0 Å². The molecule has 0 fully saturated rings. The number of ether oxygens (including phenoxy) is 1. The molecular formula is C24H26FN3O2. The van der Waals surface area contributed by atoms with Crippen LogP contribution in [0, 0.1) is 12.7 Å². The Balaban J connectivity index is 1.41. The number of amides is 1. The molecule has 0 unspecified atom stereocenters. The summed E-state index contributed by atoms with van der Waals surface area (Å²) in [6, 6.07) is 14.7. The molecule has 1 aliphatic rings. The van der Waals surface area contributed by atoms with Gasteiger partial charge in [-0.3, -0.25) is 9.48 Å². The highest BCUT2D eigenvalue weighted by atomic mass is 19.1. The molecule has 2 aromatic carbocycles. The molecule has 0 radical (unpaired) electrons. The Labute approximate surface area is 176 Å². The molecule has 156 valence electrons. The van der Waals surface area contributed by atoms with Gasteiger partial charge in [0.2, 0.25) is 5.91 Å². The first-order chi connectivity index (χ1) is 14.5. The minimum atomic E-state index is -0.270. The maximum Gasteiger partial charge on any atom is 0.227 e. The summed E-state index contributed by atoms with van der Waals surface area (Å²) < 4.78 is 21.4. The maximum absolute atomic E-state index is 13.8. The van der Waals surface area contributed by atoms with Gasteiger partial charge in [0.25, 0.3) is 0 Å². The lowest BCUT2D eigenvalue weighted by atomic mass is 10.0. The van der Waals surface area contributed by atoms with E-state index in [9.17, 15) is 9.18 Å². The van der Waals surface area contributed by atoms with Crippen LogP contribution in [-0.4, -0.2) is 27.1 Å². The Hall–Kier alpha value is -2.99. The Morgan fingerprint density at radius 2 is 1.90 bits per heavy atom. The van der Waals surface area contributed by atoms with Crippen LogP contribution in [0.4, 0.5) is 4.39 Å². The lowest BCUT2D eigenvalue weighted by Gasteiger charge is -2.28. The SMILES string of the molecule is Cc1ccc(CC(=O)N2CCc3c(c(COCc4ccccc4F)nn3C)C2)cc1. The van der Waals surface area contributed by atoms with Crippen molar-refractivity contribution in [1.82, 2.24) is 14.7 Å². The molecule has 0 N–H and O–H groups in total. The van der Waals surface area contributed by atoms with Gasteiger partial charge in [-0.05, 0) is 18.6 Å². The van der Waals surface area contributed by atoms with E-state index in [1.54, 1.807) is 18.2 Å². The van der Waals surface area contributed by atoms with Crippen LogP contribution in [0.15, 0.2) is 48.5 Å². The van der Waals surface area contributed by atoms with E-state index in [-0.39, 0.29) is 24.9 Å². The van der Waals surface area contributed by atoms with E-state index in [1.165, 1.54) is 11.6 Å². The number of nitrogens with zero attached hydrogens (tertiary/aromatic N) is 3. The molecule has 0 saturated carbocycles. The van der Waals surface area contributed by atoms with Gasteiger partial charge in [-0.1, -0.05) is 48.0 Å². The third-order valence-electron chi connectivity index (χ3n) is 5.61. The predicted molar refractivity (Wildman–Crippen MR) is 112 cm³/mol. The molecule has 0 spiro atoms.